The van der Waals surface area contributed by atoms with Gasteiger partial charge in [0.2, 0.25) is 0 Å². The molecule has 3 heteroatoms. The lowest BCUT2D eigenvalue weighted by Gasteiger charge is -2.14. The molecule has 0 aliphatic carbocycles. The van der Waals surface area contributed by atoms with Crippen LogP contribution in [0.4, 0.5) is 0 Å². The molecule has 0 fully saturated rings. The standard InChI is InChI=1S/C14H18ClNO/c1-4-6-9-17-14-8-7-12(10-13(14)15)11(3)16-5-2/h7-8,10-11,16H,5,9H2,1-3H3. The molecule has 0 saturated heterocycles. The lowest BCUT2D eigenvalue weighted by molar-refractivity contribution is 0.370. The molecule has 0 radical (unpaired) electrons. The maximum absolute atomic E-state index is 6.15. The predicted octanol–water partition coefficient (Wildman–Crippen LogP) is 3.41. The van der Waals surface area contributed by atoms with Gasteiger partial charge in [0.1, 0.15) is 12.4 Å². The molecule has 1 rings (SSSR count). The summed E-state index contributed by atoms with van der Waals surface area (Å²) >= 11 is 6.15. The van der Waals surface area contributed by atoms with Crippen molar-refractivity contribution in [2.45, 2.75) is 26.8 Å². The zero-order valence-corrected chi connectivity index (χ0v) is 11.3. The molecule has 92 valence electrons. The van der Waals surface area contributed by atoms with Crippen molar-refractivity contribution in [1.29, 1.82) is 0 Å². The second kappa shape index (κ2) is 7.21. The molecule has 1 atom stereocenters. The van der Waals surface area contributed by atoms with Crippen molar-refractivity contribution in [3.05, 3.63) is 28.8 Å². The summed E-state index contributed by atoms with van der Waals surface area (Å²) in [6.07, 6.45) is 0. The molecule has 0 bridgehead atoms. The Kier molecular flexibility index (Phi) is 5.90. The molecule has 17 heavy (non-hydrogen) atoms. The molecule has 0 aliphatic heterocycles. The normalized spacial score (nSPS) is 11.5. The summed E-state index contributed by atoms with van der Waals surface area (Å²) in [6, 6.07) is 6.14. The fourth-order valence-corrected chi connectivity index (χ4v) is 1.76. The summed E-state index contributed by atoms with van der Waals surface area (Å²) in [5.74, 6) is 6.30. The summed E-state index contributed by atoms with van der Waals surface area (Å²) in [5, 5.41) is 3.97. The monoisotopic (exact) mass is 251 g/mol. The van der Waals surface area contributed by atoms with E-state index < -0.39 is 0 Å². The smallest absolute Gasteiger partial charge is 0.149 e. The van der Waals surface area contributed by atoms with Gasteiger partial charge in [-0.15, -0.1) is 5.92 Å². The van der Waals surface area contributed by atoms with Gasteiger partial charge in [0.05, 0.1) is 5.02 Å². The summed E-state index contributed by atoms with van der Waals surface area (Å²) in [6.45, 7) is 7.28. The molecule has 0 aliphatic rings. The molecule has 1 unspecified atom stereocenters. The number of halogens is 1. The van der Waals surface area contributed by atoms with Gasteiger partial charge in [-0.3, -0.25) is 0 Å². The Morgan fingerprint density at radius 2 is 2.24 bits per heavy atom. The van der Waals surface area contributed by atoms with Gasteiger partial charge < -0.3 is 10.1 Å². The van der Waals surface area contributed by atoms with Crippen LogP contribution in [0.1, 0.15) is 32.4 Å². The number of rotatable bonds is 5. The number of nitrogens with one attached hydrogen (secondary N) is 1. The van der Waals surface area contributed by atoms with Crippen molar-refractivity contribution in [1.82, 2.24) is 5.32 Å². The molecule has 0 aromatic heterocycles. The van der Waals surface area contributed by atoms with Crippen LogP contribution in [-0.4, -0.2) is 13.2 Å². The molecule has 0 heterocycles. The minimum Gasteiger partial charge on any atom is -0.479 e. The Hall–Kier alpha value is -1.17. The fourth-order valence-electron chi connectivity index (χ4n) is 1.51. The van der Waals surface area contributed by atoms with E-state index in [4.69, 9.17) is 16.3 Å². The van der Waals surface area contributed by atoms with Crippen LogP contribution in [0.2, 0.25) is 5.02 Å². The van der Waals surface area contributed by atoms with Gasteiger partial charge in [-0.25, -0.2) is 0 Å². The van der Waals surface area contributed by atoms with E-state index in [2.05, 4.69) is 31.0 Å². The third-order valence-electron chi connectivity index (χ3n) is 2.44. The lowest BCUT2D eigenvalue weighted by atomic mass is 10.1. The molecule has 1 aromatic carbocycles. The summed E-state index contributed by atoms with van der Waals surface area (Å²) in [7, 11) is 0. The third-order valence-corrected chi connectivity index (χ3v) is 2.74. The highest BCUT2D eigenvalue weighted by atomic mass is 35.5. The topological polar surface area (TPSA) is 21.3 Å². The molecular formula is C14H18ClNO. The molecular weight excluding hydrogens is 234 g/mol. The minimum absolute atomic E-state index is 0.294. The van der Waals surface area contributed by atoms with Crippen LogP contribution in [-0.2, 0) is 0 Å². The largest absolute Gasteiger partial charge is 0.479 e. The van der Waals surface area contributed by atoms with E-state index in [1.54, 1.807) is 6.92 Å². The first-order valence-electron chi connectivity index (χ1n) is 5.74. The highest BCUT2D eigenvalue weighted by Crippen LogP contribution is 2.27. The van der Waals surface area contributed by atoms with Crippen molar-refractivity contribution >= 4 is 11.6 Å². The minimum atomic E-state index is 0.294. The van der Waals surface area contributed by atoms with Gasteiger partial charge in [-0.05, 0) is 38.1 Å². The average molecular weight is 252 g/mol. The van der Waals surface area contributed by atoms with Gasteiger partial charge >= 0.3 is 0 Å². The van der Waals surface area contributed by atoms with Crippen LogP contribution in [0.5, 0.6) is 5.75 Å². The van der Waals surface area contributed by atoms with Crippen molar-refractivity contribution in [2.75, 3.05) is 13.2 Å². The third kappa shape index (κ3) is 4.30. The Morgan fingerprint density at radius 3 is 2.82 bits per heavy atom. The van der Waals surface area contributed by atoms with Crippen LogP contribution >= 0.6 is 11.6 Å². The van der Waals surface area contributed by atoms with Crippen LogP contribution < -0.4 is 10.1 Å². The van der Waals surface area contributed by atoms with Gasteiger partial charge in [0, 0.05) is 6.04 Å². The summed E-state index contributed by atoms with van der Waals surface area (Å²) in [5.41, 5.74) is 1.16. The van der Waals surface area contributed by atoms with E-state index in [-0.39, 0.29) is 0 Å². The van der Waals surface area contributed by atoms with Crippen molar-refractivity contribution in [3.8, 4) is 17.6 Å². The molecule has 2 nitrogen and oxygen atoms in total. The molecule has 1 aromatic rings. The van der Waals surface area contributed by atoms with Crippen LogP contribution in [0.3, 0.4) is 0 Å². The van der Waals surface area contributed by atoms with Crippen LogP contribution in [0.25, 0.3) is 0 Å². The Balaban J connectivity index is 2.74. The van der Waals surface area contributed by atoms with E-state index in [9.17, 15) is 0 Å². The number of hydrogen-bond donors (Lipinski definition) is 1. The average Bonchev–Trinajstić information content (AvgIpc) is 2.31. The first-order valence-corrected chi connectivity index (χ1v) is 6.12. The quantitative estimate of drug-likeness (QED) is 0.810. The van der Waals surface area contributed by atoms with Gasteiger partial charge in [-0.1, -0.05) is 30.5 Å². The molecule has 1 N–H and O–H groups in total. The molecule has 0 saturated carbocycles. The highest BCUT2D eigenvalue weighted by Gasteiger charge is 2.07. The maximum Gasteiger partial charge on any atom is 0.149 e. The first-order chi connectivity index (χ1) is 8.19. The van der Waals surface area contributed by atoms with Crippen molar-refractivity contribution in [2.24, 2.45) is 0 Å². The van der Waals surface area contributed by atoms with Crippen LogP contribution in [0, 0.1) is 11.8 Å². The Morgan fingerprint density at radius 1 is 1.47 bits per heavy atom. The number of benzene rings is 1. The number of ether oxygens (including phenoxy) is 1. The fraction of sp³-hybridized carbons (Fsp3) is 0.429. The summed E-state index contributed by atoms with van der Waals surface area (Å²) in [4.78, 5) is 0. The SMILES string of the molecule is CC#CCOc1ccc(C(C)NCC)cc1Cl. The zero-order valence-electron chi connectivity index (χ0n) is 10.5. The first kappa shape index (κ1) is 13.9. The Bertz CT molecular complexity index is 420. The maximum atomic E-state index is 6.15. The van der Waals surface area contributed by atoms with Gasteiger partial charge in [0.25, 0.3) is 0 Å². The van der Waals surface area contributed by atoms with E-state index in [0.717, 1.165) is 12.1 Å². The van der Waals surface area contributed by atoms with E-state index in [0.29, 0.717) is 23.4 Å². The molecule has 0 amide bonds. The van der Waals surface area contributed by atoms with Gasteiger partial charge in [-0.2, -0.15) is 0 Å². The van der Waals surface area contributed by atoms with E-state index >= 15 is 0 Å². The van der Waals surface area contributed by atoms with Crippen LogP contribution in [0.15, 0.2) is 18.2 Å². The zero-order chi connectivity index (χ0) is 12.7. The van der Waals surface area contributed by atoms with Crippen molar-refractivity contribution < 1.29 is 4.74 Å². The highest BCUT2D eigenvalue weighted by molar-refractivity contribution is 6.32. The second-order valence-corrected chi connectivity index (χ2v) is 4.09. The van der Waals surface area contributed by atoms with E-state index in [1.165, 1.54) is 0 Å². The lowest BCUT2D eigenvalue weighted by Crippen LogP contribution is -2.17. The van der Waals surface area contributed by atoms with Gasteiger partial charge in [0.15, 0.2) is 0 Å². The molecule has 0 spiro atoms. The number of hydrogen-bond acceptors (Lipinski definition) is 2. The Labute approximate surface area is 108 Å². The van der Waals surface area contributed by atoms with Crippen molar-refractivity contribution in [3.63, 3.8) is 0 Å². The predicted molar refractivity (Wildman–Crippen MR) is 72.5 cm³/mol. The summed E-state index contributed by atoms with van der Waals surface area (Å²) < 4.78 is 5.45. The second-order valence-electron chi connectivity index (χ2n) is 3.68. The van der Waals surface area contributed by atoms with E-state index in [1.807, 2.05) is 18.2 Å².